The Balaban J connectivity index is 2.17. The maximum Gasteiger partial charge on any atom is 0.414 e. The van der Waals surface area contributed by atoms with Crippen LogP contribution in [0.2, 0.25) is 0 Å². The maximum atomic E-state index is 13.5. The third-order valence-electron chi connectivity index (χ3n) is 4.93. The summed E-state index contributed by atoms with van der Waals surface area (Å²) in [5.41, 5.74) is -1.20. The van der Waals surface area contributed by atoms with Crippen molar-refractivity contribution in [1.82, 2.24) is 15.0 Å². The normalized spacial score (nSPS) is 12.5. The van der Waals surface area contributed by atoms with E-state index in [2.05, 4.69) is 10.5 Å². The summed E-state index contributed by atoms with van der Waals surface area (Å²) < 4.78 is 61.0. The van der Waals surface area contributed by atoms with Crippen molar-refractivity contribution in [2.45, 2.75) is 65.2 Å². The number of anilines is 1. The lowest BCUT2D eigenvalue weighted by Crippen LogP contribution is -2.52. The quantitative estimate of drug-likeness (QED) is 0.376. The Bertz CT molecular complexity index is 1160. The van der Waals surface area contributed by atoms with E-state index in [1.54, 1.807) is 47.6 Å². The lowest BCUT2D eigenvalue weighted by molar-refractivity contribution is -0.00912. The molecule has 11 nitrogen and oxygen atoms in total. The van der Waals surface area contributed by atoms with Crippen molar-refractivity contribution < 1.29 is 46.3 Å². The molecule has 1 N–H and O–H groups in total. The standard InChI is InChI=1S/C26H35F3N4O7/c1-25(2,3)38-23(35)32(7)18(13-33(14-20(28)29)24(36)39-26(4,5)6)15-37-22(34)30-21-12-19(31-40-21)16-9-8-10-17(27)11-16/h8-12,18,20H,13-15H2,1-7H3,(H,30,34). The summed E-state index contributed by atoms with van der Waals surface area (Å²) in [6.45, 7) is 7.67. The second-order valence-corrected chi connectivity index (χ2v) is 10.8. The fourth-order valence-electron chi connectivity index (χ4n) is 3.17. The van der Waals surface area contributed by atoms with Crippen molar-refractivity contribution in [3.05, 3.63) is 36.1 Å². The molecule has 0 aliphatic carbocycles. The highest BCUT2D eigenvalue weighted by Gasteiger charge is 2.32. The minimum atomic E-state index is -2.90. The summed E-state index contributed by atoms with van der Waals surface area (Å²) in [5, 5.41) is 6.07. The van der Waals surface area contributed by atoms with Crippen LogP contribution in [0.25, 0.3) is 11.3 Å². The number of carbonyl (C=O) groups is 3. The van der Waals surface area contributed by atoms with Crippen LogP contribution in [-0.2, 0) is 14.2 Å². The van der Waals surface area contributed by atoms with Gasteiger partial charge in [-0.05, 0) is 53.7 Å². The van der Waals surface area contributed by atoms with Crippen LogP contribution in [0.4, 0.5) is 33.4 Å². The number of ether oxygens (including phenoxy) is 3. The zero-order valence-electron chi connectivity index (χ0n) is 23.5. The molecule has 0 bridgehead atoms. The third-order valence-corrected chi connectivity index (χ3v) is 4.93. The lowest BCUT2D eigenvalue weighted by atomic mass is 10.1. The third kappa shape index (κ3) is 11.0. The molecule has 2 rings (SSSR count). The molecule has 0 spiro atoms. The van der Waals surface area contributed by atoms with Gasteiger partial charge in [-0.1, -0.05) is 17.3 Å². The molecule has 0 saturated carbocycles. The molecule has 1 heterocycles. The van der Waals surface area contributed by atoms with E-state index >= 15 is 0 Å². The maximum absolute atomic E-state index is 13.5. The van der Waals surface area contributed by atoms with Crippen molar-refractivity contribution in [1.29, 1.82) is 0 Å². The van der Waals surface area contributed by atoms with E-state index in [-0.39, 0.29) is 11.6 Å². The number of rotatable bonds is 9. The number of likely N-dealkylation sites (N-methyl/N-ethyl adjacent to an activating group) is 1. The minimum Gasteiger partial charge on any atom is -0.447 e. The van der Waals surface area contributed by atoms with Gasteiger partial charge in [0.25, 0.3) is 6.43 Å². The molecular formula is C26H35F3N4O7. The second kappa shape index (κ2) is 13.4. The van der Waals surface area contributed by atoms with Gasteiger partial charge in [-0.15, -0.1) is 0 Å². The lowest BCUT2D eigenvalue weighted by Gasteiger charge is -2.34. The zero-order chi connectivity index (χ0) is 30.3. The molecule has 0 radical (unpaired) electrons. The Labute approximate surface area is 230 Å². The Morgan fingerprint density at radius 1 is 1.00 bits per heavy atom. The number of hydrogen-bond acceptors (Lipinski definition) is 8. The molecule has 3 amide bonds. The molecule has 0 saturated heterocycles. The summed E-state index contributed by atoms with van der Waals surface area (Å²) in [5.74, 6) is -0.601. The van der Waals surface area contributed by atoms with Crippen molar-refractivity contribution in [2.24, 2.45) is 0 Å². The molecule has 1 atom stereocenters. The smallest absolute Gasteiger partial charge is 0.414 e. The van der Waals surface area contributed by atoms with Crippen molar-refractivity contribution in [2.75, 3.05) is 32.1 Å². The van der Waals surface area contributed by atoms with Gasteiger partial charge >= 0.3 is 18.3 Å². The fraction of sp³-hybridized carbons (Fsp3) is 0.538. The zero-order valence-corrected chi connectivity index (χ0v) is 23.5. The Kier molecular flexibility index (Phi) is 10.8. The molecule has 0 aliphatic heterocycles. The van der Waals surface area contributed by atoms with Crippen LogP contribution < -0.4 is 5.32 Å². The van der Waals surface area contributed by atoms with Gasteiger partial charge < -0.3 is 28.5 Å². The molecule has 1 unspecified atom stereocenters. The Hall–Kier alpha value is -3.97. The van der Waals surface area contributed by atoms with Gasteiger partial charge in [-0.3, -0.25) is 5.32 Å². The number of benzene rings is 1. The number of nitrogens with zero attached hydrogens (tertiary/aromatic N) is 3. The van der Waals surface area contributed by atoms with Gasteiger partial charge in [0, 0.05) is 25.2 Å². The predicted octanol–water partition coefficient (Wildman–Crippen LogP) is 5.77. The predicted molar refractivity (Wildman–Crippen MR) is 138 cm³/mol. The van der Waals surface area contributed by atoms with Crippen LogP contribution in [0.1, 0.15) is 41.5 Å². The van der Waals surface area contributed by atoms with E-state index in [1.807, 2.05) is 0 Å². The van der Waals surface area contributed by atoms with Gasteiger partial charge in [0.1, 0.15) is 29.3 Å². The summed E-state index contributed by atoms with van der Waals surface area (Å²) >= 11 is 0. The summed E-state index contributed by atoms with van der Waals surface area (Å²) in [6, 6.07) is 5.80. The van der Waals surface area contributed by atoms with Gasteiger partial charge in [-0.25, -0.2) is 27.6 Å². The molecule has 40 heavy (non-hydrogen) atoms. The topological polar surface area (TPSA) is 123 Å². The first-order valence-corrected chi connectivity index (χ1v) is 12.3. The number of carbonyl (C=O) groups excluding carboxylic acids is 3. The van der Waals surface area contributed by atoms with E-state index in [4.69, 9.17) is 18.7 Å². The first-order chi connectivity index (χ1) is 18.4. The van der Waals surface area contributed by atoms with Gasteiger partial charge in [0.05, 0.1) is 12.6 Å². The molecule has 2 aromatic rings. The average Bonchev–Trinajstić information content (AvgIpc) is 3.26. The highest BCUT2D eigenvalue weighted by atomic mass is 19.3. The molecule has 0 fully saturated rings. The monoisotopic (exact) mass is 572 g/mol. The summed E-state index contributed by atoms with van der Waals surface area (Å²) in [6.07, 6.45) is -5.80. The fourth-order valence-corrected chi connectivity index (χ4v) is 3.17. The molecule has 1 aromatic heterocycles. The van der Waals surface area contributed by atoms with E-state index in [1.165, 1.54) is 31.3 Å². The van der Waals surface area contributed by atoms with Crippen molar-refractivity contribution >= 4 is 24.2 Å². The molecular weight excluding hydrogens is 537 g/mol. The number of hydrogen-bond donors (Lipinski definition) is 1. The highest BCUT2D eigenvalue weighted by molar-refractivity contribution is 5.83. The Morgan fingerprint density at radius 2 is 1.62 bits per heavy atom. The molecule has 14 heteroatoms. The number of alkyl halides is 2. The van der Waals surface area contributed by atoms with E-state index < -0.39 is 67.5 Å². The molecule has 0 aliphatic rings. The van der Waals surface area contributed by atoms with E-state index in [9.17, 15) is 27.6 Å². The van der Waals surface area contributed by atoms with Crippen LogP contribution in [0, 0.1) is 5.82 Å². The van der Waals surface area contributed by atoms with Gasteiger partial charge in [-0.2, -0.15) is 0 Å². The first-order valence-electron chi connectivity index (χ1n) is 12.3. The van der Waals surface area contributed by atoms with Gasteiger partial charge in [0.2, 0.25) is 5.88 Å². The van der Waals surface area contributed by atoms with Crippen LogP contribution in [0.5, 0.6) is 0 Å². The van der Waals surface area contributed by atoms with Crippen LogP contribution in [-0.4, -0.2) is 83.6 Å². The first kappa shape index (κ1) is 32.2. The van der Waals surface area contributed by atoms with Crippen molar-refractivity contribution in [3.8, 4) is 11.3 Å². The summed E-state index contributed by atoms with van der Waals surface area (Å²) in [4.78, 5) is 39.6. The van der Waals surface area contributed by atoms with Gasteiger partial charge in [0.15, 0.2) is 0 Å². The summed E-state index contributed by atoms with van der Waals surface area (Å²) in [7, 11) is 1.32. The second-order valence-electron chi connectivity index (χ2n) is 10.8. The van der Waals surface area contributed by atoms with E-state index in [0.717, 1.165) is 9.80 Å². The minimum absolute atomic E-state index is 0.116. The SMILES string of the molecule is CN(C(=O)OC(C)(C)C)C(COC(=O)Nc1cc(-c2cccc(F)c2)no1)CN(CC(F)F)C(=O)OC(C)(C)C. The van der Waals surface area contributed by atoms with Crippen LogP contribution in [0.3, 0.4) is 0 Å². The number of halogens is 3. The molecule has 1 aromatic carbocycles. The largest absolute Gasteiger partial charge is 0.447 e. The van der Waals surface area contributed by atoms with E-state index in [0.29, 0.717) is 5.56 Å². The average molecular weight is 573 g/mol. The number of aromatic nitrogens is 1. The number of amides is 3. The van der Waals surface area contributed by atoms with Crippen LogP contribution >= 0.6 is 0 Å². The van der Waals surface area contributed by atoms with Crippen molar-refractivity contribution in [3.63, 3.8) is 0 Å². The Morgan fingerprint density at radius 3 is 2.20 bits per heavy atom. The van der Waals surface area contributed by atoms with Crippen LogP contribution in [0.15, 0.2) is 34.9 Å². The molecule has 222 valence electrons. The highest BCUT2D eigenvalue weighted by Crippen LogP contribution is 2.22. The number of nitrogens with one attached hydrogen (secondary N) is 1.